The largest absolute Gasteiger partial charge is 0.288 e. The summed E-state index contributed by atoms with van der Waals surface area (Å²) in [5.74, 6) is 0. The van der Waals surface area contributed by atoms with Crippen molar-refractivity contribution in [2.24, 2.45) is 0 Å². The molecule has 1 unspecified atom stereocenters. The van der Waals surface area contributed by atoms with Crippen LogP contribution in [-0.4, -0.2) is 24.0 Å². The van der Waals surface area contributed by atoms with Gasteiger partial charge in [0.25, 0.3) is 0 Å². The van der Waals surface area contributed by atoms with E-state index in [1.807, 2.05) is 6.08 Å². The molecule has 0 aliphatic carbocycles. The average molecular weight is 164 g/mol. The van der Waals surface area contributed by atoms with Gasteiger partial charge in [0.1, 0.15) is 0 Å². The number of likely N-dealkylation sites (tertiary alicyclic amines) is 1. The summed E-state index contributed by atoms with van der Waals surface area (Å²) in [6, 6.07) is 2.53. The standard InChI is InChI=1S/C10H16N2/c1-2-3-4-7-12-8-5-6-10(12)9-11/h2,10H,1,3-8H2. The summed E-state index contributed by atoms with van der Waals surface area (Å²) in [6.07, 6.45) is 6.39. The van der Waals surface area contributed by atoms with Gasteiger partial charge in [-0.25, -0.2) is 0 Å². The zero-order valence-electron chi connectivity index (χ0n) is 7.50. The maximum atomic E-state index is 8.78. The molecule has 1 saturated heterocycles. The number of hydrogen-bond acceptors (Lipinski definition) is 2. The molecule has 1 fully saturated rings. The predicted octanol–water partition coefficient (Wildman–Crippen LogP) is 1.94. The minimum absolute atomic E-state index is 0.190. The Hall–Kier alpha value is -0.810. The molecular formula is C10H16N2. The third-order valence-corrected chi connectivity index (χ3v) is 2.37. The third-order valence-electron chi connectivity index (χ3n) is 2.37. The molecule has 1 heterocycles. The Balaban J connectivity index is 2.22. The fraction of sp³-hybridized carbons (Fsp3) is 0.700. The van der Waals surface area contributed by atoms with E-state index in [0.29, 0.717) is 0 Å². The van der Waals surface area contributed by atoms with Gasteiger partial charge in [0, 0.05) is 0 Å². The first-order valence-corrected chi connectivity index (χ1v) is 4.63. The Bertz CT molecular complexity index is 181. The van der Waals surface area contributed by atoms with Crippen LogP contribution in [0.15, 0.2) is 12.7 Å². The highest BCUT2D eigenvalue weighted by Gasteiger charge is 2.22. The third kappa shape index (κ3) is 2.35. The minimum atomic E-state index is 0.190. The Morgan fingerprint density at radius 1 is 1.67 bits per heavy atom. The molecule has 1 atom stereocenters. The fourth-order valence-corrected chi connectivity index (χ4v) is 1.68. The molecule has 0 bridgehead atoms. The van der Waals surface area contributed by atoms with Gasteiger partial charge in [-0.1, -0.05) is 6.08 Å². The molecule has 0 N–H and O–H groups in total. The lowest BCUT2D eigenvalue weighted by Gasteiger charge is -2.17. The van der Waals surface area contributed by atoms with Crippen molar-refractivity contribution >= 4 is 0 Å². The summed E-state index contributed by atoms with van der Waals surface area (Å²) >= 11 is 0. The number of rotatable bonds is 4. The summed E-state index contributed by atoms with van der Waals surface area (Å²) in [5, 5.41) is 8.78. The van der Waals surface area contributed by atoms with Gasteiger partial charge in [-0.15, -0.1) is 6.58 Å². The normalized spacial score (nSPS) is 23.8. The number of nitriles is 1. The number of nitrogens with zero attached hydrogens (tertiary/aromatic N) is 2. The number of unbranched alkanes of at least 4 members (excludes halogenated alkanes) is 1. The van der Waals surface area contributed by atoms with Crippen LogP contribution in [0, 0.1) is 11.3 Å². The Labute approximate surface area is 74.5 Å². The van der Waals surface area contributed by atoms with E-state index in [1.165, 1.54) is 6.42 Å². The van der Waals surface area contributed by atoms with E-state index < -0.39 is 0 Å². The van der Waals surface area contributed by atoms with Crippen LogP contribution in [0.1, 0.15) is 25.7 Å². The van der Waals surface area contributed by atoms with Crippen LogP contribution >= 0.6 is 0 Å². The second kappa shape index (κ2) is 4.95. The van der Waals surface area contributed by atoms with Crippen molar-refractivity contribution in [1.29, 1.82) is 5.26 Å². The van der Waals surface area contributed by atoms with Gasteiger partial charge in [0.05, 0.1) is 12.1 Å². The van der Waals surface area contributed by atoms with E-state index in [9.17, 15) is 0 Å². The molecule has 1 aliphatic rings. The zero-order chi connectivity index (χ0) is 8.81. The highest BCUT2D eigenvalue weighted by atomic mass is 15.2. The summed E-state index contributed by atoms with van der Waals surface area (Å²) in [6.45, 7) is 5.85. The van der Waals surface area contributed by atoms with Crippen molar-refractivity contribution in [2.45, 2.75) is 31.7 Å². The van der Waals surface area contributed by atoms with Crippen LogP contribution in [0.5, 0.6) is 0 Å². The van der Waals surface area contributed by atoms with Crippen LogP contribution in [0.3, 0.4) is 0 Å². The smallest absolute Gasteiger partial charge is 0.0978 e. The monoisotopic (exact) mass is 164 g/mol. The Kier molecular flexibility index (Phi) is 3.83. The van der Waals surface area contributed by atoms with Gasteiger partial charge in [-0.3, -0.25) is 4.90 Å². The van der Waals surface area contributed by atoms with Gasteiger partial charge >= 0.3 is 0 Å². The van der Waals surface area contributed by atoms with E-state index in [2.05, 4.69) is 17.5 Å². The molecule has 2 nitrogen and oxygen atoms in total. The lowest BCUT2D eigenvalue weighted by Crippen LogP contribution is -2.28. The van der Waals surface area contributed by atoms with Crippen LogP contribution in [0.4, 0.5) is 0 Å². The summed E-state index contributed by atoms with van der Waals surface area (Å²) in [5.41, 5.74) is 0. The first-order chi connectivity index (χ1) is 5.88. The van der Waals surface area contributed by atoms with Gasteiger partial charge in [-0.2, -0.15) is 5.26 Å². The zero-order valence-corrected chi connectivity index (χ0v) is 7.50. The van der Waals surface area contributed by atoms with E-state index in [4.69, 9.17) is 5.26 Å². The van der Waals surface area contributed by atoms with Gasteiger partial charge in [0.2, 0.25) is 0 Å². The second-order valence-corrected chi connectivity index (χ2v) is 3.25. The van der Waals surface area contributed by atoms with Crippen LogP contribution < -0.4 is 0 Å². The maximum absolute atomic E-state index is 8.78. The molecule has 12 heavy (non-hydrogen) atoms. The number of hydrogen-bond donors (Lipinski definition) is 0. The fourth-order valence-electron chi connectivity index (χ4n) is 1.68. The summed E-state index contributed by atoms with van der Waals surface area (Å²) in [7, 11) is 0. The highest BCUT2D eigenvalue weighted by Crippen LogP contribution is 2.16. The first kappa shape index (κ1) is 9.28. The van der Waals surface area contributed by atoms with E-state index in [0.717, 1.165) is 32.4 Å². The van der Waals surface area contributed by atoms with Crippen LogP contribution in [0.25, 0.3) is 0 Å². The first-order valence-electron chi connectivity index (χ1n) is 4.63. The lowest BCUT2D eigenvalue weighted by atomic mass is 10.2. The Morgan fingerprint density at radius 3 is 3.17 bits per heavy atom. The molecular weight excluding hydrogens is 148 g/mol. The summed E-state index contributed by atoms with van der Waals surface area (Å²) < 4.78 is 0. The second-order valence-electron chi connectivity index (χ2n) is 3.25. The molecule has 1 aliphatic heterocycles. The van der Waals surface area contributed by atoms with E-state index in [1.54, 1.807) is 0 Å². The molecule has 0 aromatic heterocycles. The molecule has 1 rings (SSSR count). The SMILES string of the molecule is C=CCCCN1CCCC1C#N. The molecule has 0 spiro atoms. The van der Waals surface area contributed by atoms with Crippen molar-refractivity contribution in [3.63, 3.8) is 0 Å². The molecule has 0 saturated carbocycles. The van der Waals surface area contributed by atoms with E-state index in [-0.39, 0.29) is 6.04 Å². The van der Waals surface area contributed by atoms with Crippen LogP contribution in [0.2, 0.25) is 0 Å². The molecule has 0 aromatic carbocycles. The Morgan fingerprint density at radius 2 is 2.50 bits per heavy atom. The number of allylic oxidation sites excluding steroid dienone is 1. The average Bonchev–Trinajstić information content (AvgIpc) is 2.52. The van der Waals surface area contributed by atoms with Gasteiger partial charge in [0.15, 0.2) is 0 Å². The lowest BCUT2D eigenvalue weighted by molar-refractivity contribution is 0.292. The molecule has 66 valence electrons. The van der Waals surface area contributed by atoms with Crippen LogP contribution in [-0.2, 0) is 0 Å². The maximum Gasteiger partial charge on any atom is 0.0978 e. The molecule has 2 heteroatoms. The van der Waals surface area contributed by atoms with Crippen molar-refractivity contribution in [1.82, 2.24) is 4.90 Å². The molecule has 0 radical (unpaired) electrons. The topological polar surface area (TPSA) is 27.0 Å². The quantitative estimate of drug-likeness (QED) is 0.469. The van der Waals surface area contributed by atoms with Crippen molar-refractivity contribution in [2.75, 3.05) is 13.1 Å². The van der Waals surface area contributed by atoms with Crippen molar-refractivity contribution in [3.8, 4) is 6.07 Å². The molecule has 0 amide bonds. The van der Waals surface area contributed by atoms with Gasteiger partial charge < -0.3 is 0 Å². The highest BCUT2D eigenvalue weighted by molar-refractivity contribution is 4.95. The molecule has 0 aromatic rings. The summed E-state index contributed by atoms with van der Waals surface area (Å²) in [4.78, 5) is 2.28. The van der Waals surface area contributed by atoms with E-state index >= 15 is 0 Å². The van der Waals surface area contributed by atoms with Crippen molar-refractivity contribution < 1.29 is 0 Å². The minimum Gasteiger partial charge on any atom is -0.288 e. The van der Waals surface area contributed by atoms with Crippen molar-refractivity contribution in [3.05, 3.63) is 12.7 Å². The van der Waals surface area contributed by atoms with Gasteiger partial charge in [-0.05, 0) is 38.8 Å². The predicted molar refractivity (Wildman–Crippen MR) is 49.6 cm³/mol.